The second kappa shape index (κ2) is 17.2. The largest absolute Gasteiger partial charge is 0.457 e. The first kappa shape index (κ1) is 41.9. The Morgan fingerprint density at radius 1 is 0.456 bits per heavy atom. The number of fused-ring (bicyclic) bond motifs is 2. The Morgan fingerprint density at radius 3 is 1.59 bits per heavy atom. The molecule has 2 aromatic heterocycles. The van der Waals surface area contributed by atoms with Crippen molar-refractivity contribution in [1.82, 2.24) is 24.9 Å². The third-order valence-electron chi connectivity index (χ3n) is 12.9. The minimum Gasteiger partial charge on any atom is -0.457 e. The molecular formula is C62H45N5O. The third kappa shape index (κ3) is 7.70. The van der Waals surface area contributed by atoms with Gasteiger partial charge in [0.1, 0.15) is 11.5 Å². The first-order chi connectivity index (χ1) is 33.2. The second-order valence-corrected chi connectivity index (χ2v) is 17.7. The van der Waals surface area contributed by atoms with Crippen LogP contribution in [0.3, 0.4) is 0 Å². The molecule has 0 atom stereocenters. The molecule has 0 spiro atoms. The molecule has 1 aliphatic heterocycles. The van der Waals surface area contributed by atoms with E-state index in [0.717, 1.165) is 106 Å². The lowest BCUT2D eigenvalue weighted by atomic mass is 9.74. The van der Waals surface area contributed by atoms with E-state index in [1.165, 1.54) is 0 Å². The van der Waals surface area contributed by atoms with Crippen LogP contribution in [0.5, 0.6) is 11.5 Å². The molecule has 0 saturated heterocycles. The first-order valence-corrected chi connectivity index (χ1v) is 22.8. The van der Waals surface area contributed by atoms with E-state index < -0.39 is 5.41 Å². The van der Waals surface area contributed by atoms with E-state index in [-0.39, 0.29) is 0 Å². The lowest BCUT2D eigenvalue weighted by Crippen LogP contribution is -2.24. The monoisotopic (exact) mass is 875 g/mol. The number of benzene rings is 7. The van der Waals surface area contributed by atoms with Crippen LogP contribution in [-0.4, -0.2) is 24.9 Å². The predicted octanol–water partition coefficient (Wildman–Crippen LogP) is 15.3. The van der Waals surface area contributed by atoms with Gasteiger partial charge in [-0.15, -0.1) is 0 Å². The van der Waals surface area contributed by atoms with Gasteiger partial charge in [-0.05, 0) is 89.7 Å². The summed E-state index contributed by atoms with van der Waals surface area (Å²) >= 11 is 0. The first-order valence-electron chi connectivity index (χ1n) is 22.8. The molecule has 0 N–H and O–H groups in total. The maximum absolute atomic E-state index is 6.68. The quantitative estimate of drug-likeness (QED) is 0.144. The van der Waals surface area contributed by atoms with E-state index >= 15 is 0 Å². The van der Waals surface area contributed by atoms with Gasteiger partial charge in [-0.3, -0.25) is 0 Å². The zero-order chi connectivity index (χ0) is 46.4. The van der Waals surface area contributed by atoms with Crippen molar-refractivity contribution in [3.05, 3.63) is 229 Å². The molecular weight excluding hydrogens is 831 g/mol. The molecule has 0 amide bonds. The van der Waals surface area contributed by atoms with E-state index in [4.69, 9.17) is 29.7 Å². The molecule has 0 bridgehead atoms. The highest BCUT2D eigenvalue weighted by Gasteiger charge is 2.35. The third-order valence-corrected chi connectivity index (χ3v) is 12.9. The molecule has 0 aliphatic carbocycles. The molecule has 68 heavy (non-hydrogen) atoms. The van der Waals surface area contributed by atoms with E-state index in [1.807, 2.05) is 97.1 Å². The zero-order valence-corrected chi connectivity index (χ0v) is 38.2. The fraction of sp³-hybridized carbons (Fsp3) is 0.0806. The summed E-state index contributed by atoms with van der Waals surface area (Å²) in [4.78, 5) is 25.4. The van der Waals surface area contributed by atoms with Crippen molar-refractivity contribution in [2.75, 3.05) is 0 Å². The summed E-state index contributed by atoms with van der Waals surface area (Å²) in [6, 6.07) is 68.9. The van der Waals surface area contributed by atoms with Gasteiger partial charge in [0.05, 0.1) is 17.0 Å². The molecule has 0 fully saturated rings. The summed E-state index contributed by atoms with van der Waals surface area (Å²) in [6.45, 7) is 13.0. The molecule has 0 unspecified atom stereocenters. The molecule has 1 aliphatic rings. The van der Waals surface area contributed by atoms with E-state index in [1.54, 1.807) is 0 Å². The molecule has 0 saturated carbocycles. The van der Waals surface area contributed by atoms with Gasteiger partial charge in [0.2, 0.25) is 0 Å². The van der Waals surface area contributed by atoms with Crippen LogP contribution in [0.1, 0.15) is 41.7 Å². The molecule has 8 aromatic carbocycles. The van der Waals surface area contributed by atoms with Gasteiger partial charge < -0.3 is 4.74 Å². The topological polar surface area (TPSA) is 73.7 Å². The Labute approximate surface area is 397 Å². The number of rotatable bonds is 9. The summed E-state index contributed by atoms with van der Waals surface area (Å²) in [5.41, 5.74) is 16.1. The molecule has 324 valence electrons. The lowest BCUT2D eigenvalue weighted by molar-refractivity contribution is 0.418. The van der Waals surface area contributed by atoms with Crippen LogP contribution >= 0.6 is 0 Å². The molecule has 6 nitrogen and oxygen atoms in total. The van der Waals surface area contributed by atoms with Crippen LogP contribution in [-0.2, 0) is 5.41 Å². The second-order valence-electron chi connectivity index (χ2n) is 17.7. The van der Waals surface area contributed by atoms with Crippen molar-refractivity contribution in [3.8, 4) is 102 Å². The lowest BCUT2D eigenvalue weighted by Gasteiger charge is -2.35. The van der Waals surface area contributed by atoms with Gasteiger partial charge in [0.15, 0.2) is 23.3 Å². The van der Waals surface area contributed by atoms with Crippen LogP contribution < -0.4 is 4.74 Å². The molecule has 6 heteroatoms. The van der Waals surface area contributed by atoms with E-state index in [0.29, 0.717) is 23.3 Å². The van der Waals surface area contributed by atoms with Crippen molar-refractivity contribution in [3.63, 3.8) is 0 Å². The van der Waals surface area contributed by atoms with Crippen molar-refractivity contribution in [1.29, 1.82) is 0 Å². The molecule has 0 radical (unpaired) electrons. The Morgan fingerprint density at radius 2 is 0.956 bits per heavy atom. The van der Waals surface area contributed by atoms with Gasteiger partial charge in [-0.1, -0.05) is 178 Å². The Kier molecular flexibility index (Phi) is 10.6. The predicted molar refractivity (Wildman–Crippen MR) is 275 cm³/mol. The molecule has 3 heterocycles. The van der Waals surface area contributed by atoms with Crippen molar-refractivity contribution in [2.24, 2.45) is 0 Å². The summed E-state index contributed by atoms with van der Waals surface area (Å²) in [7, 11) is 0. The minimum absolute atomic E-state index is 0.406. The summed E-state index contributed by atoms with van der Waals surface area (Å²) in [6.07, 6.45) is 1.85. The van der Waals surface area contributed by atoms with Gasteiger partial charge in [0.25, 0.3) is 0 Å². The van der Waals surface area contributed by atoms with Crippen LogP contribution in [0, 0.1) is 26.0 Å². The summed E-state index contributed by atoms with van der Waals surface area (Å²) in [5, 5.41) is 0. The van der Waals surface area contributed by atoms with Crippen molar-refractivity contribution < 1.29 is 4.74 Å². The Balaban J connectivity index is 0.952. The van der Waals surface area contributed by atoms with Crippen LogP contribution in [0.15, 0.2) is 189 Å². The van der Waals surface area contributed by atoms with Crippen LogP contribution in [0.25, 0.3) is 96.4 Å². The number of nitrogens with zero attached hydrogens (tertiary/aromatic N) is 5. The number of hydrogen-bond donors (Lipinski definition) is 0. The van der Waals surface area contributed by atoms with Crippen LogP contribution in [0.2, 0.25) is 0 Å². The standard InChI is InChI=1S/C62H45N5O/c1-6-49-56(63-58(41-21-9-7-10-22-41)64-57(49)50-29-15-13-19-39(50)2)47-27-17-25-43(35-47)45-31-33-54-52(37-45)62(4,5)53-38-46(32-34-55(53)68-54)44-26-18-28-48(36-44)60-65-59(42-23-11-8-12-24-42)66-61(67-60)51-30-16-14-20-40(51)3/h6-16,18-26,28-38H,1H2,2-5H3. The van der Waals surface area contributed by atoms with E-state index in [2.05, 4.69) is 137 Å². The fourth-order valence-corrected chi connectivity index (χ4v) is 9.19. The number of aryl methyl sites for hydroxylation is 2. The smallest absolute Gasteiger partial charge is 0.164 e. The maximum Gasteiger partial charge on any atom is 0.164 e. The SMILES string of the molecule is C=Cc1c(-c2c#ccc(-c3ccc4c(c3)C(C)(C)c3cc(-c5cccc(-c6nc(-c7ccccc7)nc(-c7ccccc7C)n6)c5)ccc3O4)c2)nc(-c2ccccc2)nc1-c1ccccc1C. The summed E-state index contributed by atoms with van der Waals surface area (Å²) in [5.74, 6) is 4.20. The number of hydrogen-bond acceptors (Lipinski definition) is 6. The van der Waals surface area contributed by atoms with Gasteiger partial charge >= 0.3 is 0 Å². The van der Waals surface area contributed by atoms with E-state index in [9.17, 15) is 0 Å². The maximum atomic E-state index is 6.68. The highest BCUT2D eigenvalue weighted by molar-refractivity contribution is 5.86. The normalized spacial score (nSPS) is 12.3. The highest BCUT2D eigenvalue weighted by atomic mass is 16.5. The van der Waals surface area contributed by atoms with Gasteiger partial charge in [-0.2, -0.15) is 0 Å². The Hall–Kier alpha value is -8.79. The average molecular weight is 876 g/mol. The summed E-state index contributed by atoms with van der Waals surface area (Å²) < 4.78 is 6.68. The molecule has 10 aromatic rings. The number of ether oxygens (including phenoxy) is 1. The fourth-order valence-electron chi connectivity index (χ4n) is 9.19. The van der Waals surface area contributed by atoms with Gasteiger partial charge in [-0.25, -0.2) is 24.9 Å². The Bertz CT molecular complexity index is 3560. The van der Waals surface area contributed by atoms with Crippen molar-refractivity contribution >= 4 is 6.08 Å². The molecule has 11 rings (SSSR count). The van der Waals surface area contributed by atoms with Crippen molar-refractivity contribution in [2.45, 2.75) is 33.1 Å². The zero-order valence-electron chi connectivity index (χ0n) is 38.2. The minimum atomic E-state index is -0.406. The van der Waals surface area contributed by atoms with Crippen LogP contribution in [0.4, 0.5) is 0 Å². The number of aromatic nitrogens is 5. The van der Waals surface area contributed by atoms with Gasteiger partial charge in [0, 0.05) is 49.9 Å². The highest BCUT2D eigenvalue weighted by Crippen LogP contribution is 2.50. The average Bonchev–Trinajstić information content (AvgIpc) is 3.39.